The van der Waals surface area contributed by atoms with Crippen molar-refractivity contribution in [1.82, 2.24) is 21.2 Å². The lowest BCUT2D eigenvalue weighted by molar-refractivity contribution is 0.0918. The zero-order valence-corrected chi connectivity index (χ0v) is 14.7. The van der Waals surface area contributed by atoms with Gasteiger partial charge in [-0.3, -0.25) is 15.6 Å². The molecule has 1 aliphatic carbocycles. The first-order valence-corrected chi connectivity index (χ1v) is 9.61. The molecule has 0 spiro atoms. The highest BCUT2D eigenvalue weighted by atomic mass is 32.1. The van der Waals surface area contributed by atoms with Crippen LogP contribution in [-0.2, 0) is 6.61 Å². The molecule has 25 heavy (non-hydrogen) atoms. The molecule has 2 heterocycles. The van der Waals surface area contributed by atoms with Crippen molar-refractivity contribution in [3.05, 3.63) is 46.4 Å². The summed E-state index contributed by atoms with van der Waals surface area (Å²) in [6.45, 7) is 1.43. The smallest absolute Gasteiger partial charge is 0.251 e. The molecule has 0 bridgehead atoms. The Kier molecular flexibility index (Phi) is 4.96. The van der Waals surface area contributed by atoms with Crippen molar-refractivity contribution in [1.29, 1.82) is 0 Å². The summed E-state index contributed by atoms with van der Waals surface area (Å²) < 4.78 is 5.68. The number of thiazole rings is 1. The van der Waals surface area contributed by atoms with Gasteiger partial charge < -0.3 is 10.1 Å². The first-order chi connectivity index (χ1) is 12.3. The highest BCUT2D eigenvalue weighted by Crippen LogP contribution is 2.27. The van der Waals surface area contributed by atoms with Crippen LogP contribution in [-0.4, -0.2) is 29.5 Å². The fourth-order valence-corrected chi connectivity index (χ4v) is 4.11. The zero-order chi connectivity index (χ0) is 17.1. The molecule has 3 unspecified atom stereocenters. The van der Waals surface area contributed by atoms with Crippen LogP contribution in [0.3, 0.4) is 0 Å². The van der Waals surface area contributed by atoms with Crippen molar-refractivity contribution < 1.29 is 9.53 Å². The van der Waals surface area contributed by atoms with Crippen LogP contribution in [0.1, 0.15) is 35.3 Å². The van der Waals surface area contributed by atoms with E-state index < -0.39 is 0 Å². The summed E-state index contributed by atoms with van der Waals surface area (Å²) >= 11 is 1.55. The number of hydrazine groups is 1. The number of nitrogens with zero attached hydrogens (tertiary/aromatic N) is 1. The second-order valence-corrected chi connectivity index (χ2v) is 7.39. The molecule has 1 aromatic carbocycles. The minimum Gasteiger partial charge on any atom is -0.487 e. The molecule has 0 radical (unpaired) electrons. The van der Waals surface area contributed by atoms with Crippen molar-refractivity contribution in [3.8, 4) is 5.75 Å². The maximum atomic E-state index is 12.5. The van der Waals surface area contributed by atoms with Crippen LogP contribution in [0.15, 0.2) is 35.2 Å². The van der Waals surface area contributed by atoms with Gasteiger partial charge in [-0.25, -0.2) is 4.98 Å². The Morgan fingerprint density at radius 3 is 3.00 bits per heavy atom. The van der Waals surface area contributed by atoms with Gasteiger partial charge in [0.05, 0.1) is 11.2 Å². The molecule has 1 saturated heterocycles. The van der Waals surface area contributed by atoms with Crippen LogP contribution in [0.5, 0.6) is 5.75 Å². The Hall–Kier alpha value is -1.96. The molecule has 2 aliphatic rings. The number of carbonyl (C=O) groups is 1. The number of aromatic nitrogens is 1. The van der Waals surface area contributed by atoms with E-state index in [0.29, 0.717) is 24.1 Å². The maximum Gasteiger partial charge on any atom is 0.251 e. The summed E-state index contributed by atoms with van der Waals surface area (Å²) in [5.41, 5.74) is 9.91. The lowest BCUT2D eigenvalue weighted by atomic mass is 9.83. The molecular formula is C18H22N4O2S. The molecule has 132 valence electrons. The van der Waals surface area contributed by atoms with Gasteiger partial charge >= 0.3 is 0 Å². The maximum absolute atomic E-state index is 12.5. The molecule has 7 heteroatoms. The first kappa shape index (κ1) is 16.5. The third-order valence-electron chi connectivity index (χ3n) is 4.96. The number of hydrogen-bond acceptors (Lipinski definition) is 6. The number of hydrogen-bond donors (Lipinski definition) is 3. The highest BCUT2D eigenvalue weighted by molar-refractivity contribution is 7.07. The summed E-state index contributed by atoms with van der Waals surface area (Å²) in [6, 6.07) is 8.12. The van der Waals surface area contributed by atoms with E-state index in [9.17, 15) is 4.79 Å². The second kappa shape index (κ2) is 7.51. The number of ether oxygens (including phenoxy) is 1. The normalized spacial score (nSPS) is 25.4. The van der Waals surface area contributed by atoms with E-state index in [1.54, 1.807) is 16.8 Å². The van der Waals surface area contributed by atoms with Gasteiger partial charge in [0.25, 0.3) is 5.91 Å². The van der Waals surface area contributed by atoms with Crippen LogP contribution in [0.25, 0.3) is 0 Å². The molecule has 4 rings (SSSR count). The van der Waals surface area contributed by atoms with Gasteiger partial charge in [-0.05, 0) is 49.4 Å². The second-order valence-electron chi connectivity index (χ2n) is 6.67. The molecule has 1 aromatic heterocycles. The van der Waals surface area contributed by atoms with E-state index >= 15 is 0 Å². The number of rotatable bonds is 5. The summed E-state index contributed by atoms with van der Waals surface area (Å²) in [6.07, 6.45) is 3.16. The van der Waals surface area contributed by atoms with Crippen LogP contribution in [0, 0.1) is 5.92 Å². The van der Waals surface area contributed by atoms with E-state index in [1.165, 1.54) is 0 Å². The van der Waals surface area contributed by atoms with E-state index in [4.69, 9.17) is 4.74 Å². The van der Waals surface area contributed by atoms with Crippen LogP contribution < -0.4 is 20.9 Å². The van der Waals surface area contributed by atoms with Gasteiger partial charge in [0.1, 0.15) is 12.4 Å². The molecule has 6 nitrogen and oxygen atoms in total. The molecule has 2 fully saturated rings. The third kappa shape index (κ3) is 4.00. The molecular weight excluding hydrogens is 336 g/mol. The van der Waals surface area contributed by atoms with Crippen molar-refractivity contribution in [2.45, 2.75) is 38.0 Å². The summed E-state index contributed by atoms with van der Waals surface area (Å²) in [5.74, 6) is 1.35. The Bertz CT molecular complexity index is 704. The van der Waals surface area contributed by atoms with E-state index in [1.807, 2.05) is 29.6 Å². The van der Waals surface area contributed by atoms with Gasteiger partial charge in [0.2, 0.25) is 0 Å². The number of benzene rings is 1. The molecule has 3 N–H and O–H groups in total. The van der Waals surface area contributed by atoms with Crippen molar-refractivity contribution in [3.63, 3.8) is 0 Å². The Morgan fingerprint density at radius 1 is 1.32 bits per heavy atom. The van der Waals surface area contributed by atoms with Gasteiger partial charge in [-0.15, -0.1) is 11.3 Å². The monoisotopic (exact) mass is 358 g/mol. The first-order valence-electron chi connectivity index (χ1n) is 8.67. The molecule has 1 amide bonds. The minimum atomic E-state index is -0.00610. The van der Waals surface area contributed by atoms with Crippen LogP contribution in [0.2, 0.25) is 0 Å². The van der Waals surface area contributed by atoms with Crippen molar-refractivity contribution in [2.75, 3.05) is 6.54 Å². The van der Waals surface area contributed by atoms with Crippen LogP contribution >= 0.6 is 11.3 Å². The number of carbonyl (C=O) groups excluding carboxylic acids is 1. The molecule has 1 saturated carbocycles. The summed E-state index contributed by atoms with van der Waals surface area (Å²) in [5, 5.41) is 5.14. The summed E-state index contributed by atoms with van der Waals surface area (Å²) in [7, 11) is 0. The lowest BCUT2D eigenvalue weighted by Crippen LogP contribution is -2.44. The number of nitrogens with one attached hydrogen (secondary N) is 3. The molecule has 1 aliphatic heterocycles. The Morgan fingerprint density at radius 2 is 2.20 bits per heavy atom. The average Bonchev–Trinajstić information content (AvgIpc) is 3.31. The van der Waals surface area contributed by atoms with Gasteiger partial charge in [0.15, 0.2) is 0 Å². The SMILES string of the molecule is O=C(NC1CCC2NNCC2C1)c1ccc(OCc2cscn2)cc1. The predicted octanol–water partition coefficient (Wildman–Crippen LogP) is 2.10. The van der Waals surface area contributed by atoms with Crippen LogP contribution in [0.4, 0.5) is 0 Å². The topological polar surface area (TPSA) is 75.3 Å². The standard InChI is InChI=1S/C18H22N4O2S/c23-18(21-14-3-6-17-13(7-14)8-20-22-17)12-1-4-16(5-2-12)24-9-15-10-25-11-19-15/h1-2,4-5,10-11,13-14,17,20,22H,3,6-9H2,(H,21,23). The zero-order valence-electron chi connectivity index (χ0n) is 13.9. The fraction of sp³-hybridized carbons (Fsp3) is 0.444. The molecule has 3 atom stereocenters. The van der Waals surface area contributed by atoms with Gasteiger partial charge in [-0.2, -0.15) is 0 Å². The number of amides is 1. The van der Waals surface area contributed by atoms with Crippen molar-refractivity contribution in [2.24, 2.45) is 5.92 Å². The molecule has 2 aromatic rings. The Labute approximate surface area is 151 Å². The largest absolute Gasteiger partial charge is 0.487 e. The fourth-order valence-electron chi connectivity index (χ4n) is 3.57. The number of fused-ring (bicyclic) bond motifs is 1. The van der Waals surface area contributed by atoms with E-state index in [-0.39, 0.29) is 11.9 Å². The highest BCUT2D eigenvalue weighted by Gasteiger charge is 2.34. The van der Waals surface area contributed by atoms with Gasteiger partial charge in [0, 0.05) is 29.6 Å². The average molecular weight is 358 g/mol. The quantitative estimate of drug-likeness (QED) is 0.763. The van der Waals surface area contributed by atoms with Gasteiger partial charge in [-0.1, -0.05) is 0 Å². The Balaban J connectivity index is 1.29. The van der Waals surface area contributed by atoms with E-state index in [0.717, 1.165) is 37.3 Å². The predicted molar refractivity (Wildman–Crippen MR) is 96.4 cm³/mol. The van der Waals surface area contributed by atoms with E-state index in [2.05, 4.69) is 21.2 Å². The minimum absolute atomic E-state index is 0.00610. The third-order valence-corrected chi connectivity index (χ3v) is 5.59. The lowest BCUT2D eigenvalue weighted by Gasteiger charge is -2.31. The van der Waals surface area contributed by atoms with Crippen molar-refractivity contribution >= 4 is 17.2 Å². The summed E-state index contributed by atoms with van der Waals surface area (Å²) in [4.78, 5) is 16.7.